The second-order valence-electron chi connectivity index (χ2n) is 4.67. The highest BCUT2D eigenvalue weighted by Gasteiger charge is 2.01. The van der Waals surface area contributed by atoms with Gasteiger partial charge in [-0.25, -0.2) is 0 Å². The van der Waals surface area contributed by atoms with Gasteiger partial charge in [0.15, 0.2) is 0 Å². The Morgan fingerprint density at radius 1 is 1.05 bits per heavy atom. The minimum atomic E-state index is 0.739. The van der Waals surface area contributed by atoms with Crippen molar-refractivity contribution in [1.29, 1.82) is 0 Å². The smallest absolute Gasteiger partial charge is 0.0493 e. The summed E-state index contributed by atoms with van der Waals surface area (Å²) in [6.45, 7) is 0.757. The number of nitrogens with zero attached hydrogens (tertiary/aromatic N) is 1. The van der Waals surface area contributed by atoms with Gasteiger partial charge in [0, 0.05) is 40.4 Å². The van der Waals surface area contributed by atoms with Crippen LogP contribution in [0.1, 0.15) is 11.1 Å². The summed E-state index contributed by atoms with van der Waals surface area (Å²) in [5.74, 6) is 0. The first-order valence-corrected chi connectivity index (χ1v) is 7.02. The van der Waals surface area contributed by atoms with Crippen LogP contribution in [0.5, 0.6) is 0 Å². The molecule has 1 N–H and O–H groups in total. The lowest BCUT2D eigenvalue weighted by molar-refractivity contribution is 0.981. The number of aromatic amines is 1. The largest absolute Gasteiger partial charge is 0.361 e. The Kier molecular flexibility index (Phi) is 3.84. The van der Waals surface area contributed by atoms with E-state index in [1.54, 1.807) is 0 Å². The van der Waals surface area contributed by atoms with Crippen LogP contribution in [-0.4, -0.2) is 17.7 Å². The Morgan fingerprint density at radius 3 is 2.75 bits per heavy atom. The Bertz CT molecular complexity index is 743. The van der Waals surface area contributed by atoms with Gasteiger partial charge in [0.05, 0.1) is 0 Å². The maximum absolute atomic E-state index is 6.08. The number of hydrogen-bond acceptors (Lipinski definition) is 1. The summed E-state index contributed by atoms with van der Waals surface area (Å²) in [5, 5.41) is 2.02. The molecule has 3 heteroatoms. The molecule has 1 heterocycles. The zero-order valence-corrected chi connectivity index (χ0v) is 11.8. The molecule has 3 aromatic rings. The number of halogens is 1. The molecule has 2 nitrogen and oxygen atoms in total. The van der Waals surface area contributed by atoms with Gasteiger partial charge in [-0.3, -0.25) is 4.99 Å². The fourth-order valence-corrected chi connectivity index (χ4v) is 2.45. The van der Waals surface area contributed by atoms with Crippen molar-refractivity contribution in [1.82, 2.24) is 4.98 Å². The van der Waals surface area contributed by atoms with Gasteiger partial charge >= 0.3 is 0 Å². The predicted molar refractivity (Wildman–Crippen MR) is 85.9 cm³/mol. The second-order valence-corrected chi connectivity index (χ2v) is 5.07. The second kappa shape index (κ2) is 5.93. The first kappa shape index (κ1) is 12.9. The first-order chi connectivity index (χ1) is 9.84. The summed E-state index contributed by atoms with van der Waals surface area (Å²) >= 11 is 6.08. The van der Waals surface area contributed by atoms with E-state index in [1.165, 1.54) is 16.5 Å². The van der Waals surface area contributed by atoms with E-state index in [1.807, 2.05) is 36.5 Å². The number of fused-ring (bicyclic) bond motifs is 1. The van der Waals surface area contributed by atoms with Gasteiger partial charge < -0.3 is 4.98 Å². The average molecular weight is 283 g/mol. The van der Waals surface area contributed by atoms with Crippen LogP contribution >= 0.6 is 11.6 Å². The van der Waals surface area contributed by atoms with Crippen LogP contribution in [0.2, 0.25) is 5.02 Å². The molecule has 0 atom stereocenters. The zero-order valence-electron chi connectivity index (χ0n) is 11.0. The molecule has 0 aliphatic heterocycles. The van der Waals surface area contributed by atoms with E-state index in [-0.39, 0.29) is 0 Å². The quantitative estimate of drug-likeness (QED) is 0.683. The third kappa shape index (κ3) is 2.75. The van der Waals surface area contributed by atoms with E-state index < -0.39 is 0 Å². The van der Waals surface area contributed by atoms with E-state index >= 15 is 0 Å². The fraction of sp³-hybridized carbons (Fsp3) is 0.118. The van der Waals surface area contributed by atoms with Crippen LogP contribution in [0.3, 0.4) is 0 Å². The third-order valence-electron chi connectivity index (χ3n) is 3.32. The first-order valence-electron chi connectivity index (χ1n) is 6.64. The molecule has 0 saturated carbocycles. The number of aliphatic imine (C=N–C) groups is 1. The highest BCUT2D eigenvalue weighted by molar-refractivity contribution is 6.33. The molecular weight excluding hydrogens is 268 g/mol. The van der Waals surface area contributed by atoms with Crippen molar-refractivity contribution in [2.75, 3.05) is 6.54 Å². The molecule has 0 aliphatic rings. The van der Waals surface area contributed by atoms with Gasteiger partial charge in [-0.15, -0.1) is 0 Å². The highest BCUT2D eigenvalue weighted by Crippen LogP contribution is 2.18. The van der Waals surface area contributed by atoms with Crippen LogP contribution in [0.4, 0.5) is 0 Å². The number of hydrogen-bond donors (Lipinski definition) is 1. The maximum atomic E-state index is 6.08. The number of aromatic nitrogens is 1. The molecule has 0 aliphatic carbocycles. The highest BCUT2D eigenvalue weighted by atomic mass is 35.5. The number of para-hydroxylation sites is 1. The molecule has 20 heavy (non-hydrogen) atoms. The average Bonchev–Trinajstić information content (AvgIpc) is 2.89. The summed E-state index contributed by atoms with van der Waals surface area (Å²) in [5.41, 5.74) is 3.45. The van der Waals surface area contributed by atoms with Crippen LogP contribution in [0.15, 0.2) is 59.7 Å². The lowest BCUT2D eigenvalue weighted by Crippen LogP contribution is -1.90. The van der Waals surface area contributed by atoms with Crippen LogP contribution in [0.25, 0.3) is 10.9 Å². The summed E-state index contributed by atoms with van der Waals surface area (Å²) in [7, 11) is 0. The molecular formula is C17H15ClN2. The molecule has 0 unspecified atom stereocenters. The van der Waals surface area contributed by atoms with Crippen molar-refractivity contribution in [2.45, 2.75) is 6.42 Å². The van der Waals surface area contributed by atoms with Crippen molar-refractivity contribution in [3.05, 3.63) is 70.9 Å². The molecule has 1 aromatic heterocycles. The number of nitrogens with one attached hydrogen (secondary N) is 1. The molecule has 0 fully saturated rings. The predicted octanol–water partition coefficient (Wildman–Crippen LogP) is 4.48. The van der Waals surface area contributed by atoms with Crippen LogP contribution < -0.4 is 0 Å². The Labute approximate surface area is 123 Å². The minimum absolute atomic E-state index is 0.739. The number of benzene rings is 2. The van der Waals surface area contributed by atoms with Gasteiger partial charge in [0.1, 0.15) is 0 Å². The maximum Gasteiger partial charge on any atom is 0.0493 e. The van der Waals surface area contributed by atoms with Crippen molar-refractivity contribution < 1.29 is 0 Å². The zero-order chi connectivity index (χ0) is 13.8. The molecule has 0 saturated heterocycles. The molecule has 0 amide bonds. The summed E-state index contributed by atoms with van der Waals surface area (Å²) in [6.07, 6.45) is 4.83. The van der Waals surface area contributed by atoms with Crippen LogP contribution in [0, 0.1) is 0 Å². The topological polar surface area (TPSA) is 28.1 Å². The van der Waals surface area contributed by atoms with Crippen molar-refractivity contribution in [3.63, 3.8) is 0 Å². The van der Waals surface area contributed by atoms with Gasteiger partial charge in [-0.1, -0.05) is 48.0 Å². The molecule has 0 spiro atoms. The van der Waals surface area contributed by atoms with Gasteiger partial charge in [0.25, 0.3) is 0 Å². The SMILES string of the molecule is Clc1ccccc1C=NCCc1c[nH]c2ccccc12. The number of rotatable bonds is 4. The normalized spacial score (nSPS) is 11.4. The van der Waals surface area contributed by atoms with E-state index in [9.17, 15) is 0 Å². The van der Waals surface area contributed by atoms with Crippen molar-refractivity contribution in [2.24, 2.45) is 4.99 Å². The van der Waals surface area contributed by atoms with E-state index in [2.05, 4.69) is 34.4 Å². The van der Waals surface area contributed by atoms with Gasteiger partial charge in [-0.2, -0.15) is 0 Å². The molecule has 2 aromatic carbocycles. The van der Waals surface area contributed by atoms with Gasteiger partial charge in [0.2, 0.25) is 0 Å². The van der Waals surface area contributed by atoms with Gasteiger partial charge in [-0.05, 0) is 24.1 Å². The molecule has 0 radical (unpaired) electrons. The standard InChI is InChI=1S/C17H15ClN2/c18-16-7-3-1-5-14(16)11-19-10-9-13-12-20-17-8-4-2-6-15(13)17/h1-8,11-12,20H,9-10H2. The van der Waals surface area contributed by atoms with E-state index in [4.69, 9.17) is 11.6 Å². The Hall–Kier alpha value is -2.06. The Morgan fingerprint density at radius 2 is 1.85 bits per heavy atom. The van der Waals surface area contributed by atoms with Crippen molar-refractivity contribution >= 4 is 28.7 Å². The monoisotopic (exact) mass is 282 g/mol. The third-order valence-corrected chi connectivity index (χ3v) is 3.66. The van der Waals surface area contributed by atoms with Crippen LogP contribution in [-0.2, 0) is 6.42 Å². The Balaban J connectivity index is 1.67. The minimum Gasteiger partial charge on any atom is -0.361 e. The summed E-state index contributed by atoms with van der Waals surface area (Å²) < 4.78 is 0. The summed E-state index contributed by atoms with van der Waals surface area (Å²) in [6, 6.07) is 16.1. The lowest BCUT2D eigenvalue weighted by atomic mass is 10.1. The van der Waals surface area contributed by atoms with E-state index in [0.29, 0.717) is 0 Å². The molecule has 100 valence electrons. The fourth-order valence-electron chi connectivity index (χ4n) is 2.27. The molecule has 0 bridgehead atoms. The lowest BCUT2D eigenvalue weighted by Gasteiger charge is -1.97. The van der Waals surface area contributed by atoms with E-state index in [0.717, 1.165) is 23.6 Å². The summed E-state index contributed by atoms with van der Waals surface area (Å²) in [4.78, 5) is 7.74. The number of H-pyrrole nitrogens is 1. The van der Waals surface area contributed by atoms with Crippen molar-refractivity contribution in [3.8, 4) is 0 Å². The molecule has 3 rings (SSSR count).